The fourth-order valence-corrected chi connectivity index (χ4v) is 1.95. The number of nitrogens with one attached hydrogen (secondary N) is 1. The van der Waals surface area contributed by atoms with Crippen LogP contribution in [0.4, 0.5) is 4.39 Å². The summed E-state index contributed by atoms with van der Waals surface area (Å²) in [4.78, 5) is 0. The molecule has 0 aromatic heterocycles. The first-order valence-electron chi connectivity index (χ1n) is 5.78. The van der Waals surface area contributed by atoms with Crippen molar-refractivity contribution in [1.82, 2.24) is 5.32 Å². The van der Waals surface area contributed by atoms with Crippen molar-refractivity contribution in [2.75, 3.05) is 7.05 Å². The zero-order valence-electron chi connectivity index (χ0n) is 9.89. The second-order valence-corrected chi connectivity index (χ2v) is 4.49. The Morgan fingerprint density at radius 2 is 2.19 bits per heavy atom. The van der Waals surface area contributed by atoms with Gasteiger partial charge >= 0.3 is 0 Å². The molecule has 90 valence electrons. The van der Waals surface area contributed by atoms with Gasteiger partial charge in [0.25, 0.3) is 0 Å². The van der Waals surface area contributed by atoms with Crippen molar-refractivity contribution in [2.24, 2.45) is 0 Å². The smallest absolute Gasteiger partial charge is 0.141 e. The van der Waals surface area contributed by atoms with Crippen molar-refractivity contribution in [3.05, 3.63) is 34.6 Å². The first-order valence-corrected chi connectivity index (χ1v) is 6.16. The Labute approximate surface area is 102 Å². The average Bonchev–Trinajstić information content (AvgIpc) is 2.29. The van der Waals surface area contributed by atoms with Crippen LogP contribution in [0.15, 0.2) is 18.2 Å². The predicted molar refractivity (Wildman–Crippen MR) is 67.5 cm³/mol. The lowest BCUT2D eigenvalue weighted by Crippen LogP contribution is -2.27. The first kappa shape index (κ1) is 13.5. The quantitative estimate of drug-likeness (QED) is 0.802. The van der Waals surface area contributed by atoms with Gasteiger partial charge in [0, 0.05) is 6.04 Å². The van der Waals surface area contributed by atoms with Gasteiger partial charge in [0.15, 0.2) is 0 Å². The molecule has 1 aromatic rings. The van der Waals surface area contributed by atoms with Crippen LogP contribution in [0.1, 0.15) is 31.7 Å². The monoisotopic (exact) mass is 243 g/mol. The number of halogens is 2. The highest BCUT2D eigenvalue weighted by atomic mass is 35.5. The predicted octanol–water partition coefficient (Wildman–Crippen LogP) is 3.80. The van der Waals surface area contributed by atoms with Gasteiger partial charge in [-0.05, 0) is 37.6 Å². The van der Waals surface area contributed by atoms with E-state index < -0.39 is 0 Å². The van der Waals surface area contributed by atoms with E-state index in [1.54, 1.807) is 12.1 Å². The number of unbranched alkanes of at least 4 members (excludes halogenated alkanes) is 1. The molecule has 0 heterocycles. The molecule has 1 unspecified atom stereocenters. The summed E-state index contributed by atoms with van der Waals surface area (Å²) in [6.45, 7) is 2.18. The summed E-state index contributed by atoms with van der Waals surface area (Å²) >= 11 is 5.75. The van der Waals surface area contributed by atoms with E-state index in [2.05, 4.69) is 12.2 Å². The summed E-state index contributed by atoms with van der Waals surface area (Å²) < 4.78 is 13.0. The summed E-state index contributed by atoms with van der Waals surface area (Å²) in [5.74, 6) is -0.347. The molecule has 3 heteroatoms. The Hall–Kier alpha value is -0.600. The van der Waals surface area contributed by atoms with Crippen LogP contribution < -0.4 is 5.32 Å². The molecule has 0 saturated carbocycles. The highest BCUT2D eigenvalue weighted by molar-refractivity contribution is 6.30. The molecule has 0 spiro atoms. The zero-order chi connectivity index (χ0) is 12.0. The van der Waals surface area contributed by atoms with E-state index in [1.807, 2.05) is 7.05 Å². The Bertz CT molecular complexity index is 328. The van der Waals surface area contributed by atoms with Crippen molar-refractivity contribution in [1.29, 1.82) is 0 Å². The van der Waals surface area contributed by atoms with Crippen molar-refractivity contribution >= 4 is 11.6 Å². The van der Waals surface area contributed by atoms with E-state index in [0.717, 1.165) is 18.4 Å². The minimum Gasteiger partial charge on any atom is -0.317 e. The first-order chi connectivity index (χ1) is 7.67. The van der Waals surface area contributed by atoms with Crippen LogP contribution in [0.5, 0.6) is 0 Å². The molecule has 0 aliphatic carbocycles. The largest absolute Gasteiger partial charge is 0.317 e. The molecule has 0 aliphatic heterocycles. The van der Waals surface area contributed by atoms with Crippen molar-refractivity contribution in [3.63, 3.8) is 0 Å². The summed E-state index contributed by atoms with van der Waals surface area (Å²) in [6.07, 6.45) is 4.45. The molecular weight excluding hydrogens is 225 g/mol. The third kappa shape index (κ3) is 4.11. The lowest BCUT2D eigenvalue weighted by molar-refractivity contribution is 0.498. The summed E-state index contributed by atoms with van der Waals surface area (Å²) in [5.41, 5.74) is 1.09. The van der Waals surface area contributed by atoms with Gasteiger partial charge < -0.3 is 5.32 Å². The SMILES string of the molecule is CCCCC(Cc1ccc(F)c(Cl)c1)NC. The normalized spacial score (nSPS) is 12.8. The molecule has 1 aromatic carbocycles. The third-order valence-corrected chi connectivity index (χ3v) is 3.07. The molecule has 16 heavy (non-hydrogen) atoms. The van der Waals surface area contributed by atoms with E-state index in [4.69, 9.17) is 11.6 Å². The van der Waals surface area contributed by atoms with Crippen LogP contribution in [0.3, 0.4) is 0 Å². The number of likely N-dealkylation sites (N-methyl/N-ethyl adjacent to an activating group) is 1. The van der Waals surface area contributed by atoms with Crippen LogP contribution in [0.25, 0.3) is 0 Å². The minimum absolute atomic E-state index is 0.211. The maximum Gasteiger partial charge on any atom is 0.141 e. The van der Waals surface area contributed by atoms with Gasteiger partial charge in [0.2, 0.25) is 0 Å². The van der Waals surface area contributed by atoms with E-state index in [-0.39, 0.29) is 10.8 Å². The number of hydrogen-bond acceptors (Lipinski definition) is 1. The van der Waals surface area contributed by atoms with Crippen LogP contribution in [0, 0.1) is 5.82 Å². The molecule has 0 aliphatic rings. The van der Waals surface area contributed by atoms with Gasteiger partial charge in [-0.1, -0.05) is 37.4 Å². The highest BCUT2D eigenvalue weighted by Crippen LogP contribution is 2.18. The molecule has 1 nitrogen and oxygen atoms in total. The van der Waals surface area contributed by atoms with E-state index in [0.29, 0.717) is 6.04 Å². The Balaban J connectivity index is 2.59. The Morgan fingerprint density at radius 1 is 1.44 bits per heavy atom. The topological polar surface area (TPSA) is 12.0 Å². The van der Waals surface area contributed by atoms with Gasteiger partial charge in [0.05, 0.1) is 5.02 Å². The lowest BCUT2D eigenvalue weighted by atomic mass is 10.0. The summed E-state index contributed by atoms with van der Waals surface area (Å²) in [5, 5.41) is 3.49. The summed E-state index contributed by atoms with van der Waals surface area (Å²) in [6, 6.07) is 5.40. The van der Waals surface area contributed by atoms with Crippen molar-refractivity contribution in [3.8, 4) is 0 Å². The number of benzene rings is 1. The maximum atomic E-state index is 13.0. The fraction of sp³-hybridized carbons (Fsp3) is 0.538. The standard InChI is InChI=1S/C13H19ClFN/c1-3-4-5-11(16-2)8-10-6-7-13(15)12(14)9-10/h6-7,9,11,16H,3-5,8H2,1-2H3. The van der Waals surface area contributed by atoms with Crippen LogP contribution in [-0.4, -0.2) is 13.1 Å². The van der Waals surface area contributed by atoms with E-state index >= 15 is 0 Å². The molecule has 0 amide bonds. The minimum atomic E-state index is -0.347. The molecule has 0 saturated heterocycles. The molecular formula is C13H19ClFN. The van der Waals surface area contributed by atoms with Gasteiger partial charge in [0.1, 0.15) is 5.82 Å². The zero-order valence-corrected chi connectivity index (χ0v) is 10.6. The van der Waals surface area contributed by atoms with Gasteiger partial charge in [-0.15, -0.1) is 0 Å². The maximum absolute atomic E-state index is 13.0. The second kappa shape index (κ2) is 6.87. The van der Waals surface area contributed by atoms with Crippen molar-refractivity contribution in [2.45, 2.75) is 38.6 Å². The molecule has 0 radical (unpaired) electrons. The van der Waals surface area contributed by atoms with Gasteiger partial charge in [-0.2, -0.15) is 0 Å². The molecule has 1 rings (SSSR count). The highest BCUT2D eigenvalue weighted by Gasteiger charge is 2.08. The average molecular weight is 244 g/mol. The number of rotatable bonds is 6. The third-order valence-electron chi connectivity index (χ3n) is 2.78. The van der Waals surface area contributed by atoms with E-state index in [9.17, 15) is 4.39 Å². The number of hydrogen-bond donors (Lipinski definition) is 1. The van der Waals surface area contributed by atoms with Crippen LogP contribution in [0.2, 0.25) is 5.02 Å². The fourth-order valence-electron chi connectivity index (χ4n) is 1.75. The molecule has 0 bridgehead atoms. The molecule has 0 fully saturated rings. The van der Waals surface area contributed by atoms with Crippen molar-refractivity contribution < 1.29 is 4.39 Å². The lowest BCUT2D eigenvalue weighted by Gasteiger charge is -2.15. The molecule has 1 atom stereocenters. The Kier molecular flexibility index (Phi) is 5.78. The summed E-state index contributed by atoms with van der Waals surface area (Å²) in [7, 11) is 1.96. The van der Waals surface area contributed by atoms with E-state index in [1.165, 1.54) is 18.9 Å². The second-order valence-electron chi connectivity index (χ2n) is 4.08. The molecule has 1 N–H and O–H groups in total. The van der Waals surface area contributed by atoms with Crippen LogP contribution in [-0.2, 0) is 6.42 Å². The Morgan fingerprint density at radius 3 is 2.75 bits per heavy atom. The van der Waals surface area contributed by atoms with Gasteiger partial charge in [-0.3, -0.25) is 0 Å². The van der Waals surface area contributed by atoms with Gasteiger partial charge in [-0.25, -0.2) is 4.39 Å². The van der Waals surface area contributed by atoms with Crippen LogP contribution >= 0.6 is 11.6 Å².